The van der Waals surface area contributed by atoms with Crippen molar-refractivity contribution in [3.05, 3.63) is 59.7 Å². The lowest BCUT2D eigenvalue weighted by atomic mass is 9.86. The minimum Gasteiger partial charge on any atom is -0.496 e. The summed E-state index contributed by atoms with van der Waals surface area (Å²) < 4.78 is 11.3. The third kappa shape index (κ3) is 5.31. The number of amides is 1. The van der Waals surface area contributed by atoms with Crippen LogP contribution in [0.4, 0.5) is 0 Å². The van der Waals surface area contributed by atoms with Crippen molar-refractivity contribution < 1.29 is 14.3 Å². The van der Waals surface area contributed by atoms with E-state index in [0.717, 1.165) is 42.4 Å². The Balaban J connectivity index is 1.32. The van der Waals surface area contributed by atoms with Gasteiger partial charge in [-0.1, -0.05) is 36.8 Å². The van der Waals surface area contributed by atoms with Crippen molar-refractivity contribution in [3.8, 4) is 11.5 Å². The van der Waals surface area contributed by atoms with E-state index in [-0.39, 0.29) is 5.91 Å². The molecule has 0 bridgehead atoms. The van der Waals surface area contributed by atoms with Crippen LogP contribution in [0.3, 0.4) is 0 Å². The van der Waals surface area contributed by atoms with Gasteiger partial charge in [-0.05, 0) is 67.3 Å². The third-order valence-electron chi connectivity index (χ3n) is 6.10. The smallest absolute Gasteiger partial charge is 0.223 e. The molecule has 0 spiro atoms. The maximum absolute atomic E-state index is 12.9. The van der Waals surface area contributed by atoms with E-state index in [1.165, 1.54) is 24.8 Å². The number of rotatable bonds is 10. The fraction of sp³-hybridized carbons (Fsp3) is 0.480. The summed E-state index contributed by atoms with van der Waals surface area (Å²) in [6.45, 7) is 1.51. The zero-order chi connectivity index (χ0) is 20.1. The summed E-state index contributed by atoms with van der Waals surface area (Å²) in [6.07, 6.45) is 7.39. The Morgan fingerprint density at radius 3 is 2.45 bits per heavy atom. The van der Waals surface area contributed by atoms with Gasteiger partial charge in [-0.2, -0.15) is 0 Å². The Labute approximate surface area is 173 Å². The molecule has 0 radical (unpaired) electrons. The highest BCUT2D eigenvalue weighted by Crippen LogP contribution is 2.30. The van der Waals surface area contributed by atoms with Gasteiger partial charge in [0.2, 0.25) is 5.91 Å². The highest BCUT2D eigenvalue weighted by atomic mass is 16.5. The quantitative estimate of drug-likeness (QED) is 0.570. The molecule has 2 aliphatic carbocycles. The zero-order valence-corrected chi connectivity index (χ0v) is 17.3. The number of aryl methyl sites for hydroxylation is 1. The second-order valence-corrected chi connectivity index (χ2v) is 8.32. The number of methoxy groups -OCH3 is 1. The monoisotopic (exact) mass is 393 g/mol. The summed E-state index contributed by atoms with van der Waals surface area (Å²) in [5, 5.41) is 0. The highest BCUT2D eigenvalue weighted by molar-refractivity contribution is 5.77. The van der Waals surface area contributed by atoms with Crippen molar-refractivity contribution in [2.24, 2.45) is 5.92 Å². The molecule has 4 rings (SSSR count). The molecular formula is C25H31NO3. The summed E-state index contributed by atoms with van der Waals surface area (Å²) in [4.78, 5) is 15.0. The molecule has 0 unspecified atom stereocenters. The molecular weight excluding hydrogens is 362 g/mol. The van der Waals surface area contributed by atoms with Gasteiger partial charge in [-0.15, -0.1) is 0 Å². The van der Waals surface area contributed by atoms with Crippen LogP contribution in [0.5, 0.6) is 11.5 Å². The molecule has 0 aliphatic heterocycles. The van der Waals surface area contributed by atoms with E-state index in [9.17, 15) is 4.79 Å². The van der Waals surface area contributed by atoms with Crippen LogP contribution < -0.4 is 9.47 Å². The number of carbonyl (C=O) groups is 1. The molecule has 2 aromatic rings. The molecule has 29 heavy (non-hydrogen) atoms. The van der Waals surface area contributed by atoms with Gasteiger partial charge in [0.25, 0.3) is 0 Å². The van der Waals surface area contributed by atoms with Gasteiger partial charge < -0.3 is 14.4 Å². The number of carbonyl (C=O) groups excluding carboxylic acids is 1. The molecule has 0 N–H and O–H groups in total. The lowest BCUT2D eigenvalue weighted by Gasteiger charge is -2.25. The van der Waals surface area contributed by atoms with Crippen molar-refractivity contribution in [1.82, 2.24) is 4.90 Å². The number of hydrogen-bond donors (Lipinski definition) is 0. The number of ether oxygens (including phenoxy) is 2. The summed E-state index contributed by atoms with van der Waals surface area (Å²) in [6, 6.07) is 16.6. The number of nitrogens with zero attached hydrogens (tertiary/aromatic N) is 1. The van der Waals surface area contributed by atoms with Crippen molar-refractivity contribution in [2.75, 3.05) is 13.7 Å². The number of benzene rings is 2. The number of para-hydroxylation sites is 1. The molecule has 2 aliphatic rings. The van der Waals surface area contributed by atoms with E-state index in [0.29, 0.717) is 25.4 Å². The first-order valence-electron chi connectivity index (χ1n) is 10.9. The molecule has 154 valence electrons. The molecule has 2 saturated carbocycles. The minimum absolute atomic E-state index is 0.226. The van der Waals surface area contributed by atoms with Crippen LogP contribution in [0.1, 0.15) is 49.7 Å². The predicted octanol–water partition coefficient (Wildman–Crippen LogP) is 5.00. The van der Waals surface area contributed by atoms with Gasteiger partial charge in [0.05, 0.1) is 13.7 Å². The van der Waals surface area contributed by atoms with E-state index < -0.39 is 0 Å². The van der Waals surface area contributed by atoms with Crippen LogP contribution in [-0.4, -0.2) is 30.6 Å². The molecule has 0 aromatic heterocycles. The van der Waals surface area contributed by atoms with Crippen molar-refractivity contribution in [1.29, 1.82) is 0 Å². The summed E-state index contributed by atoms with van der Waals surface area (Å²) in [5.74, 6) is 2.75. The van der Waals surface area contributed by atoms with Crippen LogP contribution in [-0.2, 0) is 17.8 Å². The number of hydrogen-bond acceptors (Lipinski definition) is 3. The Kier molecular flexibility index (Phi) is 6.38. The van der Waals surface area contributed by atoms with Gasteiger partial charge in [0, 0.05) is 19.0 Å². The predicted molar refractivity (Wildman–Crippen MR) is 114 cm³/mol. The Morgan fingerprint density at radius 2 is 1.79 bits per heavy atom. The topological polar surface area (TPSA) is 38.8 Å². The Hall–Kier alpha value is -2.49. The standard InChI is InChI=1S/C25H31NO3/c1-28-24-8-3-2-7-21(24)11-16-25(27)26(22-12-13-22)17-19-9-14-23(15-10-19)29-18-20-5-4-6-20/h2-3,7-10,14-15,20,22H,4-6,11-13,16-18H2,1H3. The SMILES string of the molecule is COc1ccccc1CCC(=O)N(Cc1ccc(OCC2CCC2)cc1)C1CC1. The molecule has 1 amide bonds. The second kappa shape index (κ2) is 9.34. The van der Waals surface area contributed by atoms with Crippen LogP contribution in [0.25, 0.3) is 0 Å². The van der Waals surface area contributed by atoms with E-state index in [4.69, 9.17) is 9.47 Å². The Morgan fingerprint density at radius 1 is 1.03 bits per heavy atom. The summed E-state index contributed by atoms with van der Waals surface area (Å²) >= 11 is 0. The van der Waals surface area contributed by atoms with E-state index in [1.807, 2.05) is 36.4 Å². The van der Waals surface area contributed by atoms with Crippen LogP contribution >= 0.6 is 0 Å². The molecule has 2 fully saturated rings. The first kappa shape index (κ1) is 19.8. The Bertz CT molecular complexity index is 809. The molecule has 2 aromatic carbocycles. The van der Waals surface area contributed by atoms with Gasteiger partial charge >= 0.3 is 0 Å². The van der Waals surface area contributed by atoms with Crippen LogP contribution in [0.2, 0.25) is 0 Å². The minimum atomic E-state index is 0.226. The molecule has 0 heterocycles. The highest BCUT2D eigenvalue weighted by Gasteiger charge is 2.32. The normalized spacial score (nSPS) is 16.2. The van der Waals surface area contributed by atoms with Gasteiger partial charge in [-0.3, -0.25) is 4.79 Å². The average molecular weight is 394 g/mol. The van der Waals surface area contributed by atoms with Gasteiger partial charge in [-0.25, -0.2) is 0 Å². The fourth-order valence-electron chi connectivity index (χ4n) is 3.86. The van der Waals surface area contributed by atoms with Crippen LogP contribution in [0.15, 0.2) is 48.5 Å². The maximum atomic E-state index is 12.9. The fourth-order valence-corrected chi connectivity index (χ4v) is 3.86. The molecule has 0 atom stereocenters. The lowest BCUT2D eigenvalue weighted by Crippen LogP contribution is -2.32. The van der Waals surface area contributed by atoms with Crippen molar-refractivity contribution in [3.63, 3.8) is 0 Å². The third-order valence-corrected chi connectivity index (χ3v) is 6.10. The average Bonchev–Trinajstić information content (AvgIpc) is 3.55. The van der Waals surface area contributed by atoms with Crippen molar-refractivity contribution >= 4 is 5.91 Å². The van der Waals surface area contributed by atoms with E-state index in [1.54, 1.807) is 7.11 Å². The first-order chi connectivity index (χ1) is 14.2. The first-order valence-corrected chi connectivity index (χ1v) is 10.9. The molecule has 4 heteroatoms. The second-order valence-electron chi connectivity index (χ2n) is 8.32. The summed E-state index contributed by atoms with van der Waals surface area (Å²) in [7, 11) is 1.68. The van der Waals surface area contributed by atoms with Gasteiger partial charge in [0.1, 0.15) is 11.5 Å². The van der Waals surface area contributed by atoms with Crippen molar-refractivity contribution in [2.45, 2.75) is 57.5 Å². The molecule has 4 nitrogen and oxygen atoms in total. The van der Waals surface area contributed by atoms with Crippen LogP contribution in [0, 0.1) is 5.92 Å². The van der Waals surface area contributed by atoms with E-state index >= 15 is 0 Å². The summed E-state index contributed by atoms with van der Waals surface area (Å²) in [5.41, 5.74) is 2.26. The van der Waals surface area contributed by atoms with Gasteiger partial charge in [0.15, 0.2) is 0 Å². The van der Waals surface area contributed by atoms with E-state index in [2.05, 4.69) is 17.0 Å². The maximum Gasteiger partial charge on any atom is 0.223 e. The molecule has 0 saturated heterocycles. The largest absolute Gasteiger partial charge is 0.496 e. The zero-order valence-electron chi connectivity index (χ0n) is 17.3. The lowest BCUT2D eigenvalue weighted by molar-refractivity contribution is -0.132.